The zero-order valence-corrected chi connectivity index (χ0v) is 18.9. The van der Waals surface area contributed by atoms with Crippen LogP contribution in [0.2, 0.25) is 0 Å². The van der Waals surface area contributed by atoms with E-state index in [1.165, 1.54) is 19.2 Å². The highest BCUT2D eigenvalue weighted by molar-refractivity contribution is 5.94. The van der Waals surface area contributed by atoms with Crippen LogP contribution >= 0.6 is 0 Å². The lowest BCUT2D eigenvalue weighted by Gasteiger charge is -2.36. The molecule has 0 aromatic heterocycles. The summed E-state index contributed by atoms with van der Waals surface area (Å²) >= 11 is 0. The largest absolute Gasteiger partial charge is 0.494 e. The smallest absolute Gasteiger partial charge is 0.415 e. The molecule has 1 heterocycles. The van der Waals surface area contributed by atoms with Crippen molar-refractivity contribution in [1.29, 1.82) is 0 Å². The van der Waals surface area contributed by atoms with Crippen molar-refractivity contribution in [1.82, 2.24) is 10.2 Å². The lowest BCUT2D eigenvalue weighted by atomic mass is 9.85. The molecule has 3 aromatic rings. The number of halogens is 1. The van der Waals surface area contributed by atoms with E-state index in [0.29, 0.717) is 31.7 Å². The van der Waals surface area contributed by atoms with Gasteiger partial charge in [0.2, 0.25) is 0 Å². The minimum Gasteiger partial charge on any atom is -0.494 e. The van der Waals surface area contributed by atoms with Gasteiger partial charge in [-0.25, -0.2) is 9.18 Å². The van der Waals surface area contributed by atoms with Crippen molar-refractivity contribution >= 4 is 12.0 Å². The number of hydrogen-bond acceptors (Lipinski definition) is 4. The zero-order chi connectivity index (χ0) is 23.9. The molecule has 0 bridgehead atoms. The van der Waals surface area contributed by atoms with Crippen molar-refractivity contribution in [3.8, 4) is 11.5 Å². The van der Waals surface area contributed by atoms with Crippen LogP contribution < -0.4 is 14.8 Å². The van der Waals surface area contributed by atoms with Crippen LogP contribution in [0.25, 0.3) is 0 Å². The third kappa shape index (κ3) is 5.54. The molecule has 7 heteroatoms. The van der Waals surface area contributed by atoms with Crippen LogP contribution in [0, 0.1) is 11.7 Å². The van der Waals surface area contributed by atoms with Crippen LogP contribution in [0.5, 0.6) is 11.5 Å². The van der Waals surface area contributed by atoms with Crippen LogP contribution in [0.4, 0.5) is 9.18 Å². The monoisotopic (exact) mass is 462 g/mol. The Morgan fingerprint density at radius 1 is 0.971 bits per heavy atom. The molecule has 1 N–H and O–H groups in total. The molecule has 6 nitrogen and oxygen atoms in total. The quantitative estimate of drug-likeness (QED) is 0.546. The molecular formula is C27H27FN2O4. The summed E-state index contributed by atoms with van der Waals surface area (Å²) in [6, 6.07) is 22.6. The molecule has 0 spiro atoms. The van der Waals surface area contributed by atoms with Gasteiger partial charge in [0.1, 0.15) is 5.75 Å². The van der Waals surface area contributed by atoms with E-state index in [-0.39, 0.29) is 35.3 Å². The summed E-state index contributed by atoms with van der Waals surface area (Å²) in [5.74, 6) is -0.241. The molecule has 1 unspecified atom stereocenters. The SMILES string of the molecule is COc1ccc(C(=O)NC(c2ccccc2)C2CCN(C(=O)Oc3ccccc3)CC2)cc1F. The van der Waals surface area contributed by atoms with Gasteiger partial charge in [0.05, 0.1) is 13.2 Å². The van der Waals surface area contributed by atoms with Crippen molar-refractivity contribution in [3.63, 3.8) is 0 Å². The number of likely N-dealkylation sites (tertiary alicyclic amines) is 1. The molecule has 4 rings (SSSR count). The second-order valence-electron chi connectivity index (χ2n) is 8.22. The van der Waals surface area contributed by atoms with E-state index < -0.39 is 5.82 Å². The molecule has 34 heavy (non-hydrogen) atoms. The number of ether oxygens (including phenoxy) is 2. The number of piperidine rings is 1. The molecular weight excluding hydrogens is 435 g/mol. The highest BCUT2D eigenvalue weighted by atomic mass is 19.1. The van der Waals surface area contributed by atoms with Gasteiger partial charge in [0.25, 0.3) is 5.91 Å². The van der Waals surface area contributed by atoms with Crippen molar-refractivity contribution in [2.75, 3.05) is 20.2 Å². The number of rotatable bonds is 6. The molecule has 0 aliphatic carbocycles. The average Bonchev–Trinajstić information content (AvgIpc) is 2.88. The minimum atomic E-state index is -0.586. The van der Waals surface area contributed by atoms with Crippen molar-refractivity contribution in [3.05, 3.63) is 95.8 Å². The maximum absolute atomic E-state index is 14.1. The molecule has 1 fully saturated rings. The molecule has 1 atom stereocenters. The van der Waals surface area contributed by atoms with Gasteiger partial charge in [-0.05, 0) is 54.7 Å². The number of benzene rings is 3. The first kappa shape index (κ1) is 23.3. The van der Waals surface area contributed by atoms with E-state index >= 15 is 0 Å². The first-order valence-electron chi connectivity index (χ1n) is 11.3. The number of hydrogen-bond donors (Lipinski definition) is 1. The Bertz CT molecular complexity index is 1120. The van der Waals surface area contributed by atoms with E-state index in [4.69, 9.17) is 9.47 Å². The van der Waals surface area contributed by atoms with Gasteiger partial charge in [-0.1, -0.05) is 48.5 Å². The van der Waals surface area contributed by atoms with Gasteiger partial charge >= 0.3 is 6.09 Å². The summed E-state index contributed by atoms with van der Waals surface area (Å²) in [4.78, 5) is 27.2. The van der Waals surface area contributed by atoms with E-state index in [1.54, 1.807) is 23.1 Å². The normalized spacial score (nSPS) is 14.8. The maximum atomic E-state index is 14.1. The molecule has 176 valence electrons. The Balaban J connectivity index is 1.44. The van der Waals surface area contributed by atoms with Crippen LogP contribution in [0.1, 0.15) is 34.8 Å². The molecule has 3 aromatic carbocycles. The van der Waals surface area contributed by atoms with Gasteiger partial charge in [0, 0.05) is 18.7 Å². The third-order valence-corrected chi connectivity index (χ3v) is 6.08. The Hall–Kier alpha value is -3.87. The number of carbonyl (C=O) groups is 2. The first-order chi connectivity index (χ1) is 16.5. The summed E-state index contributed by atoms with van der Waals surface area (Å²) in [5.41, 5.74) is 1.19. The standard InChI is InChI=1S/C27H27FN2O4/c1-33-24-13-12-21(18-23(24)28)26(31)29-25(19-8-4-2-5-9-19)20-14-16-30(17-15-20)27(32)34-22-10-6-3-7-11-22/h2-13,18,20,25H,14-17H2,1H3,(H,29,31). The highest BCUT2D eigenvalue weighted by Crippen LogP contribution is 2.32. The second-order valence-corrected chi connectivity index (χ2v) is 8.22. The molecule has 0 saturated carbocycles. The van der Waals surface area contributed by atoms with Crippen LogP contribution in [-0.2, 0) is 0 Å². The number of nitrogens with zero attached hydrogens (tertiary/aromatic N) is 1. The number of para-hydroxylation sites is 1. The van der Waals surface area contributed by atoms with Gasteiger partial charge in [-0.15, -0.1) is 0 Å². The first-order valence-corrected chi connectivity index (χ1v) is 11.3. The van der Waals surface area contributed by atoms with Crippen molar-refractivity contribution < 1.29 is 23.5 Å². The van der Waals surface area contributed by atoms with Crippen molar-refractivity contribution in [2.45, 2.75) is 18.9 Å². The highest BCUT2D eigenvalue weighted by Gasteiger charge is 2.31. The summed E-state index contributed by atoms with van der Waals surface area (Å²) in [6.07, 6.45) is 1.01. The van der Waals surface area contributed by atoms with E-state index in [1.807, 2.05) is 48.5 Å². The van der Waals surface area contributed by atoms with E-state index in [9.17, 15) is 14.0 Å². The summed E-state index contributed by atoms with van der Waals surface area (Å²) in [7, 11) is 1.38. The molecule has 1 aliphatic rings. The lowest BCUT2D eigenvalue weighted by Crippen LogP contribution is -2.44. The van der Waals surface area contributed by atoms with E-state index in [2.05, 4.69) is 5.32 Å². The summed E-state index contributed by atoms with van der Waals surface area (Å²) in [5, 5.41) is 3.09. The predicted octanol–water partition coefficient (Wildman–Crippen LogP) is 5.22. The van der Waals surface area contributed by atoms with Crippen LogP contribution in [-0.4, -0.2) is 37.1 Å². The second kappa shape index (κ2) is 10.8. The van der Waals surface area contributed by atoms with E-state index in [0.717, 1.165) is 5.56 Å². The van der Waals surface area contributed by atoms with Gasteiger partial charge < -0.3 is 19.7 Å². The van der Waals surface area contributed by atoms with Gasteiger partial charge in [-0.2, -0.15) is 0 Å². The molecule has 1 saturated heterocycles. The predicted molar refractivity (Wildman–Crippen MR) is 126 cm³/mol. The topological polar surface area (TPSA) is 67.9 Å². The van der Waals surface area contributed by atoms with Gasteiger partial charge in [0.15, 0.2) is 11.6 Å². The zero-order valence-electron chi connectivity index (χ0n) is 18.9. The molecule has 1 aliphatic heterocycles. The lowest BCUT2D eigenvalue weighted by molar-refractivity contribution is 0.0884. The Morgan fingerprint density at radius 3 is 2.24 bits per heavy atom. The number of carbonyl (C=O) groups excluding carboxylic acids is 2. The van der Waals surface area contributed by atoms with Crippen molar-refractivity contribution in [2.24, 2.45) is 5.92 Å². The number of amides is 2. The minimum absolute atomic E-state index is 0.0888. The Kier molecular flexibility index (Phi) is 7.42. The fourth-order valence-electron chi connectivity index (χ4n) is 4.24. The molecule has 0 radical (unpaired) electrons. The van der Waals surface area contributed by atoms with Crippen LogP contribution in [0.3, 0.4) is 0 Å². The number of nitrogens with one attached hydrogen (secondary N) is 1. The molecule has 2 amide bonds. The average molecular weight is 463 g/mol. The fourth-order valence-corrected chi connectivity index (χ4v) is 4.24. The summed E-state index contributed by atoms with van der Waals surface area (Å²) < 4.78 is 24.5. The maximum Gasteiger partial charge on any atom is 0.415 e. The number of methoxy groups -OCH3 is 1. The fraction of sp³-hybridized carbons (Fsp3) is 0.259. The van der Waals surface area contributed by atoms with Gasteiger partial charge in [-0.3, -0.25) is 4.79 Å². The van der Waals surface area contributed by atoms with Crippen LogP contribution in [0.15, 0.2) is 78.9 Å². The Labute approximate surface area is 198 Å². The summed E-state index contributed by atoms with van der Waals surface area (Å²) in [6.45, 7) is 1.04. The third-order valence-electron chi connectivity index (χ3n) is 6.08. The Morgan fingerprint density at radius 2 is 1.62 bits per heavy atom.